The van der Waals surface area contributed by atoms with E-state index in [-0.39, 0.29) is 5.41 Å². The molecule has 4 bridgehead atoms. The van der Waals surface area contributed by atoms with Crippen molar-refractivity contribution in [2.24, 2.45) is 29.1 Å². The smallest absolute Gasteiger partial charge is 0.0669 e. The van der Waals surface area contributed by atoms with Crippen LogP contribution in [0.1, 0.15) is 52.4 Å². The van der Waals surface area contributed by atoms with Crippen molar-refractivity contribution >= 4 is 5.97 Å². The fourth-order valence-corrected chi connectivity index (χ4v) is 5.44. The number of carbonyl (C=O) groups excluding carboxylic acids is 1. The molecule has 0 spiro atoms. The molecule has 0 amide bonds. The van der Waals surface area contributed by atoms with Gasteiger partial charge in [0.05, 0.1) is 5.97 Å². The Morgan fingerprint density at radius 3 is 2.06 bits per heavy atom. The summed E-state index contributed by atoms with van der Waals surface area (Å²) in [7, 11) is 0. The summed E-state index contributed by atoms with van der Waals surface area (Å²) in [4.78, 5) is 11.0. The largest absolute Gasteiger partial charge is 0.545 e. The van der Waals surface area contributed by atoms with E-state index in [2.05, 4.69) is 13.0 Å². The average Bonchev–Trinajstić information content (AvgIpc) is 2.32. The van der Waals surface area contributed by atoms with Gasteiger partial charge < -0.3 is 9.90 Å². The lowest BCUT2D eigenvalue weighted by Gasteiger charge is -2.60. The summed E-state index contributed by atoms with van der Waals surface area (Å²) < 4.78 is 0. The fraction of sp³-hybridized carbons (Fsp3) is 0.812. The fourth-order valence-electron chi connectivity index (χ4n) is 5.44. The molecular weight excluding hydrogens is 224 g/mol. The third kappa shape index (κ3) is 1.64. The zero-order chi connectivity index (χ0) is 12.9. The highest BCUT2D eigenvalue weighted by Crippen LogP contribution is 2.64. The lowest BCUT2D eigenvalue weighted by Crippen LogP contribution is -2.52. The number of carboxylic acids is 1. The van der Waals surface area contributed by atoms with Crippen LogP contribution in [0.15, 0.2) is 11.6 Å². The van der Waals surface area contributed by atoms with E-state index in [1.807, 2.05) is 0 Å². The van der Waals surface area contributed by atoms with E-state index >= 15 is 0 Å². The number of rotatable bonds is 3. The van der Waals surface area contributed by atoms with Crippen LogP contribution in [0.4, 0.5) is 0 Å². The molecule has 0 radical (unpaired) electrons. The van der Waals surface area contributed by atoms with Crippen molar-refractivity contribution in [2.45, 2.75) is 52.4 Å². The number of carboxylic acid groups (broad SMARTS) is 1. The van der Waals surface area contributed by atoms with Crippen LogP contribution in [0.2, 0.25) is 0 Å². The van der Waals surface area contributed by atoms with Gasteiger partial charge in [0, 0.05) is 0 Å². The highest BCUT2D eigenvalue weighted by molar-refractivity contribution is 5.84. The Hall–Kier alpha value is -0.790. The molecule has 0 aromatic heterocycles. The molecule has 2 heteroatoms. The molecule has 0 heterocycles. The first-order valence-electron chi connectivity index (χ1n) is 7.46. The molecule has 0 saturated heterocycles. The predicted molar refractivity (Wildman–Crippen MR) is 68.5 cm³/mol. The van der Waals surface area contributed by atoms with Gasteiger partial charge in [-0.25, -0.2) is 0 Å². The third-order valence-electron chi connectivity index (χ3n) is 6.08. The molecule has 0 atom stereocenters. The van der Waals surface area contributed by atoms with E-state index in [4.69, 9.17) is 0 Å². The molecule has 0 N–H and O–H groups in total. The highest BCUT2D eigenvalue weighted by atomic mass is 16.4. The van der Waals surface area contributed by atoms with E-state index in [0.29, 0.717) is 5.57 Å². The van der Waals surface area contributed by atoms with Gasteiger partial charge in [-0.15, -0.1) is 0 Å². The second-order valence-corrected chi connectivity index (χ2v) is 6.89. The predicted octanol–water partition coefficient (Wildman–Crippen LogP) is 2.54. The molecule has 4 aliphatic rings. The summed E-state index contributed by atoms with van der Waals surface area (Å²) in [6.07, 6.45) is 9.93. The Kier molecular flexibility index (Phi) is 2.80. The number of hydrogen-bond donors (Lipinski definition) is 0. The molecule has 100 valence electrons. The maximum Gasteiger partial charge on any atom is 0.0669 e. The van der Waals surface area contributed by atoms with Crippen molar-refractivity contribution in [3.05, 3.63) is 11.6 Å². The Morgan fingerprint density at radius 1 is 1.17 bits per heavy atom. The first kappa shape index (κ1) is 12.3. The van der Waals surface area contributed by atoms with Crippen molar-refractivity contribution in [1.29, 1.82) is 0 Å². The van der Waals surface area contributed by atoms with Gasteiger partial charge in [0.15, 0.2) is 0 Å². The standard InChI is InChI=1S/C16H24O2/c1-3-16(9-10(2)15(17)18)13-5-11-4-12(7-13)8-14(16)6-11/h9,11-14H,3-8H2,1-2H3,(H,17,18)/p-1/b10-9+. The maximum atomic E-state index is 11.0. The summed E-state index contributed by atoms with van der Waals surface area (Å²) in [5.74, 6) is 2.34. The summed E-state index contributed by atoms with van der Waals surface area (Å²) in [6.45, 7) is 3.94. The molecule has 0 aromatic carbocycles. The van der Waals surface area contributed by atoms with Crippen LogP contribution in [0.25, 0.3) is 0 Å². The molecule has 4 fully saturated rings. The van der Waals surface area contributed by atoms with E-state index in [9.17, 15) is 9.90 Å². The molecule has 0 unspecified atom stereocenters. The topological polar surface area (TPSA) is 40.1 Å². The van der Waals surface area contributed by atoms with Gasteiger partial charge in [0.25, 0.3) is 0 Å². The normalized spacial score (nSPS) is 46.4. The maximum absolute atomic E-state index is 11.0. The van der Waals surface area contributed by atoms with Gasteiger partial charge in [-0.1, -0.05) is 13.0 Å². The molecular formula is C16H23O2-. The highest BCUT2D eigenvalue weighted by Gasteiger charge is 2.55. The molecule has 4 aliphatic carbocycles. The van der Waals surface area contributed by atoms with Gasteiger partial charge in [-0.2, -0.15) is 0 Å². The van der Waals surface area contributed by atoms with Crippen LogP contribution < -0.4 is 5.11 Å². The lowest BCUT2D eigenvalue weighted by atomic mass is 9.44. The first-order valence-corrected chi connectivity index (χ1v) is 7.46. The van der Waals surface area contributed by atoms with Gasteiger partial charge in [-0.3, -0.25) is 0 Å². The Balaban J connectivity index is 1.96. The zero-order valence-corrected chi connectivity index (χ0v) is 11.4. The van der Waals surface area contributed by atoms with Crippen LogP contribution in [0.3, 0.4) is 0 Å². The van der Waals surface area contributed by atoms with E-state index in [0.717, 1.165) is 30.1 Å². The molecule has 0 aromatic rings. The monoisotopic (exact) mass is 247 g/mol. The molecule has 4 rings (SSSR count). The van der Waals surface area contributed by atoms with Crippen molar-refractivity contribution in [2.75, 3.05) is 0 Å². The minimum Gasteiger partial charge on any atom is -0.545 e. The van der Waals surface area contributed by atoms with Crippen molar-refractivity contribution in [3.63, 3.8) is 0 Å². The second kappa shape index (κ2) is 4.11. The van der Waals surface area contributed by atoms with Gasteiger partial charge in [-0.05, 0) is 80.1 Å². The molecule has 18 heavy (non-hydrogen) atoms. The molecule has 2 nitrogen and oxygen atoms in total. The number of aliphatic carboxylic acids is 1. The SMILES string of the molecule is CCC1(/C=C(\C)C(=O)[O-])C2CC3CC(C2)CC1C3. The number of hydrogen-bond acceptors (Lipinski definition) is 2. The summed E-state index contributed by atoms with van der Waals surface area (Å²) in [5, 5.41) is 11.0. The second-order valence-electron chi connectivity index (χ2n) is 6.89. The van der Waals surface area contributed by atoms with Crippen LogP contribution in [-0.4, -0.2) is 5.97 Å². The van der Waals surface area contributed by atoms with E-state index < -0.39 is 5.97 Å². The minimum absolute atomic E-state index is 0.164. The number of allylic oxidation sites excluding steroid dienone is 1. The van der Waals surface area contributed by atoms with Gasteiger partial charge in [0.1, 0.15) is 0 Å². The molecule has 0 aliphatic heterocycles. The zero-order valence-electron chi connectivity index (χ0n) is 11.4. The van der Waals surface area contributed by atoms with Gasteiger partial charge >= 0.3 is 0 Å². The van der Waals surface area contributed by atoms with Gasteiger partial charge in [0.2, 0.25) is 0 Å². The Labute approximate surface area is 109 Å². The Bertz CT molecular complexity index is 366. The number of carbonyl (C=O) groups is 1. The Morgan fingerprint density at radius 2 is 1.67 bits per heavy atom. The summed E-state index contributed by atoms with van der Waals surface area (Å²) >= 11 is 0. The summed E-state index contributed by atoms with van der Waals surface area (Å²) in [6, 6.07) is 0. The van der Waals surface area contributed by atoms with Crippen molar-refractivity contribution < 1.29 is 9.90 Å². The third-order valence-corrected chi connectivity index (χ3v) is 6.08. The van der Waals surface area contributed by atoms with Crippen LogP contribution in [0.5, 0.6) is 0 Å². The molecule has 4 saturated carbocycles. The van der Waals surface area contributed by atoms with Crippen LogP contribution >= 0.6 is 0 Å². The minimum atomic E-state index is -0.989. The van der Waals surface area contributed by atoms with Crippen LogP contribution in [-0.2, 0) is 4.79 Å². The van der Waals surface area contributed by atoms with Crippen molar-refractivity contribution in [1.82, 2.24) is 0 Å². The van der Waals surface area contributed by atoms with E-state index in [1.165, 1.54) is 32.1 Å². The van der Waals surface area contributed by atoms with Crippen LogP contribution in [0, 0.1) is 29.1 Å². The van der Waals surface area contributed by atoms with E-state index in [1.54, 1.807) is 6.92 Å². The summed E-state index contributed by atoms with van der Waals surface area (Å²) in [5.41, 5.74) is 0.613. The van der Waals surface area contributed by atoms with Crippen molar-refractivity contribution in [3.8, 4) is 0 Å². The average molecular weight is 247 g/mol. The first-order chi connectivity index (χ1) is 8.55. The lowest BCUT2D eigenvalue weighted by molar-refractivity contribution is -0.299. The quantitative estimate of drug-likeness (QED) is 0.719.